The summed E-state index contributed by atoms with van der Waals surface area (Å²) in [5.74, 6) is 0.483. The number of ether oxygens (including phenoxy) is 2. The SMILES string of the molecule is COCC(O)CNC(=O)C1CCOc2ccccc21. The topological polar surface area (TPSA) is 67.8 Å². The van der Waals surface area contributed by atoms with Crippen LogP contribution in [0.15, 0.2) is 24.3 Å². The Morgan fingerprint density at radius 1 is 1.58 bits per heavy atom. The number of aliphatic hydroxyl groups is 1. The zero-order valence-corrected chi connectivity index (χ0v) is 11.0. The zero-order valence-electron chi connectivity index (χ0n) is 11.0. The van der Waals surface area contributed by atoms with E-state index in [0.29, 0.717) is 13.0 Å². The smallest absolute Gasteiger partial charge is 0.227 e. The Bertz CT molecular complexity index is 435. The van der Waals surface area contributed by atoms with E-state index in [1.165, 1.54) is 7.11 Å². The first-order valence-corrected chi connectivity index (χ1v) is 6.39. The summed E-state index contributed by atoms with van der Waals surface area (Å²) < 4.78 is 10.3. The van der Waals surface area contributed by atoms with Crippen molar-refractivity contribution in [2.24, 2.45) is 0 Å². The maximum atomic E-state index is 12.2. The first-order valence-electron chi connectivity index (χ1n) is 6.39. The van der Waals surface area contributed by atoms with Gasteiger partial charge in [-0.25, -0.2) is 0 Å². The highest BCUT2D eigenvalue weighted by molar-refractivity contribution is 5.84. The minimum Gasteiger partial charge on any atom is -0.493 e. The molecule has 1 aromatic carbocycles. The molecule has 1 aliphatic rings. The van der Waals surface area contributed by atoms with Crippen molar-refractivity contribution in [3.63, 3.8) is 0 Å². The fraction of sp³-hybridized carbons (Fsp3) is 0.500. The fourth-order valence-corrected chi connectivity index (χ4v) is 2.21. The molecular formula is C14H19NO4. The molecule has 104 valence electrons. The summed E-state index contributed by atoms with van der Waals surface area (Å²) in [7, 11) is 1.51. The van der Waals surface area contributed by atoms with Crippen LogP contribution in [0.3, 0.4) is 0 Å². The maximum absolute atomic E-state index is 12.2. The highest BCUT2D eigenvalue weighted by Crippen LogP contribution is 2.33. The standard InChI is InChI=1S/C14H19NO4/c1-18-9-10(16)8-15-14(17)12-6-7-19-13-5-3-2-4-11(12)13/h2-5,10,12,16H,6-9H2,1H3,(H,15,17). The third-order valence-electron chi connectivity index (χ3n) is 3.15. The van der Waals surface area contributed by atoms with Gasteiger partial charge in [0.25, 0.3) is 0 Å². The predicted octanol–water partition coefficient (Wildman–Crippen LogP) is 0.676. The third-order valence-corrected chi connectivity index (χ3v) is 3.15. The van der Waals surface area contributed by atoms with Gasteiger partial charge in [0, 0.05) is 19.2 Å². The largest absolute Gasteiger partial charge is 0.493 e. The summed E-state index contributed by atoms with van der Waals surface area (Å²) in [5.41, 5.74) is 0.910. The number of carbonyl (C=O) groups excluding carboxylic acids is 1. The molecule has 0 bridgehead atoms. The average Bonchev–Trinajstić information content (AvgIpc) is 2.44. The van der Waals surface area contributed by atoms with Gasteiger partial charge in [0.05, 0.1) is 25.2 Å². The molecule has 0 spiro atoms. The molecule has 1 aromatic rings. The first-order chi connectivity index (χ1) is 9.22. The highest BCUT2D eigenvalue weighted by atomic mass is 16.5. The Hall–Kier alpha value is -1.59. The van der Waals surface area contributed by atoms with Crippen molar-refractivity contribution >= 4 is 5.91 Å². The lowest BCUT2D eigenvalue weighted by atomic mass is 9.92. The molecule has 5 nitrogen and oxygen atoms in total. The number of amides is 1. The summed E-state index contributed by atoms with van der Waals surface area (Å²) in [5, 5.41) is 12.3. The van der Waals surface area contributed by atoms with Crippen LogP contribution in [0, 0.1) is 0 Å². The van der Waals surface area contributed by atoms with Gasteiger partial charge in [0.1, 0.15) is 5.75 Å². The minimum absolute atomic E-state index is 0.0779. The van der Waals surface area contributed by atoms with Crippen LogP contribution in [0.4, 0.5) is 0 Å². The quantitative estimate of drug-likeness (QED) is 0.821. The van der Waals surface area contributed by atoms with Crippen molar-refractivity contribution in [2.45, 2.75) is 18.4 Å². The number of benzene rings is 1. The van der Waals surface area contributed by atoms with Crippen LogP contribution >= 0.6 is 0 Å². The number of aliphatic hydroxyl groups excluding tert-OH is 1. The molecule has 5 heteroatoms. The van der Waals surface area contributed by atoms with Crippen LogP contribution in [-0.2, 0) is 9.53 Å². The van der Waals surface area contributed by atoms with E-state index in [0.717, 1.165) is 11.3 Å². The molecule has 2 N–H and O–H groups in total. The number of hydrogen-bond acceptors (Lipinski definition) is 4. The summed E-state index contributed by atoms with van der Waals surface area (Å²) >= 11 is 0. The van der Waals surface area contributed by atoms with Gasteiger partial charge in [-0.15, -0.1) is 0 Å². The lowest BCUT2D eigenvalue weighted by molar-refractivity contribution is -0.123. The van der Waals surface area contributed by atoms with Crippen molar-refractivity contribution < 1.29 is 19.4 Å². The Morgan fingerprint density at radius 3 is 3.16 bits per heavy atom. The highest BCUT2D eigenvalue weighted by Gasteiger charge is 2.27. The number of carbonyl (C=O) groups is 1. The molecule has 2 atom stereocenters. The molecule has 0 fully saturated rings. The number of fused-ring (bicyclic) bond motifs is 1. The summed E-state index contributed by atoms with van der Waals surface area (Å²) in [4.78, 5) is 12.2. The van der Waals surface area contributed by atoms with E-state index in [-0.39, 0.29) is 25.0 Å². The van der Waals surface area contributed by atoms with Gasteiger partial charge in [0.15, 0.2) is 0 Å². The van der Waals surface area contributed by atoms with Gasteiger partial charge < -0.3 is 19.9 Å². The van der Waals surface area contributed by atoms with Gasteiger partial charge in [-0.1, -0.05) is 18.2 Å². The van der Waals surface area contributed by atoms with E-state index < -0.39 is 6.10 Å². The molecule has 19 heavy (non-hydrogen) atoms. The zero-order chi connectivity index (χ0) is 13.7. The van der Waals surface area contributed by atoms with Crippen LogP contribution in [0.2, 0.25) is 0 Å². The number of methoxy groups -OCH3 is 1. The molecule has 2 rings (SSSR count). The van der Waals surface area contributed by atoms with Crippen molar-refractivity contribution in [2.75, 3.05) is 26.9 Å². The number of nitrogens with one attached hydrogen (secondary N) is 1. The number of hydrogen-bond donors (Lipinski definition) is 2. The monoisotopic (exact) mass is 265 g/mol. The second kappa shape index (κ2) is 6.54. The predicted molar refractivity (Wildman–Crippen MR) is 70.2 cm³/mol. The van der Waals surface area contributed by atoms with Crippen molar-refractivity contribution in [3.05, 3.63) is 29.8 Å². The molecule has 1 heterocycles. The van der Waals surface area contributed by atoms with Gasteiger partial charge >= 0.3 is 0 Å². The number of para-hydroxylation sites is 1. The van der Waals surface area contributed by atoms with E-state index in [4.69, 9.17) is 9.47 Å². The van der Waals surface area contributed by atoms with Crippen LogP contribution < -0.4 is 10.1 Å². The van der Waals surface area contributed by atoms with Gasteiger partial charge in [-0.3, -0.25) is 4.79 Å². The van der Waals surface area contributed by atoms with Crippen molar-refractivity contribution in [3.8, 4) is 5.75 Å². The Morgan fingerprint density at radius 2 is 2.37 bits per heavy atom. The Balaban J connectivity index is 1.97. The van der Waals surface area contributed by atoms with Gasteiger partial charge in [-0.05, 0) is 12.5 Å². The third kappa shape index (κ3) is 3.45. The minimum atomic E-state index is -0.677. The first kappa shape index (κ1) is 13.8. The second-order valence-electron chi connectivity index (χ2n) is 4.58. The molecule has 0 aromatic heterocycles. The van der Waals surface area contributed by atoms with Crippen LogP contribution in [0.25, 0.3) is 0 Å². The molecule has 0 saturated heterocycles. The Labute approximate surface area is 112 Å². The van der Waals surface area contributed by atoms with E-state index in [1.807, 2.05) is 24.3 Å². The number of rotatable bonds is 5. The van der Waals surface area contributed by atoms with Crippen LogP contribution in [0.1, 0.15) is 17.9 Å². The van der Waals surface area contributed by atoms with Crippen LogP contribution in [-0.4, -0.2) is 44.0 Å². The van der Waals surface area contributed by atoms with E-state index in [9.17, 15) is 9.90 Å². The van der Waals surface area contributed by atoms with Gasteiger partial charge in [0.2, 0.25) is 5.91 Å². The molecular weight excluding hydrogens is 246 g/mol. The molecule has 1 amide bonds. The molecule has 2 unspecified atom stereocenters. The lowest BCUT2D eigenvalue weighted by Gasteiger charge is -2.25. The fourth-order valence-electron chi connectivity index (χ4n) is 2.21. The van der Waals surface area contributed by atoms with E-state index in [2.05, 4.69) is 5.32 Å². The van der Waals surface area contributed by atoms with Crippen molar-refractivity contribution in [1.29, 1.82) is 0 Å². The molecule has 0 aliphatic carbocycles. The van der Waals surface area contributed by atoms with Crippen LogP contribution in [0.5, 0.6) is 5.75 Å². The maximum Gasteiger partial charge on any atom is 0.227 e. The van der Waals surface area contributed by atoms with Gasteiger partial charge in [-0.2, -0.15) is 0 Å². The van der Waals surface area contributed by atoms with E-state index in [1.54, 1.807) is 0 Å². The lowest BCUT2D eigenvalue weighted by Crippen LogP contribution is -2.38. The summed E-state index contributed by atoms with van der Waals surface area (Å²) in [6.07, 6.45) is -0.0208. The normalized spacial score (nSPS) is 19.2. The Kier molecular flexibility index (Phi) is 4.76. The summed E-state index contributed by atoms with van der Waals surface area (Å²) in [6.45, 7) is 0.951. The summed E-state index contributed by atoms with van der Waals surface area (Å²) in [6, 6.07) is 7.56. The molecule has 1 aliphatic heterocycles. The second-order valence-corrected chi connectivity index (χ2v) is 4.58. The average molecular weight is 265 g/mol. The molecule has 0 radical (unpaired) electrons. The molecule has 0 saturated carbocycles. The van der Waals surface area contributed by atoms with Crippen molar-refractivity contribution in [1.82, 2.24) is 5.32 Å². The van der Waals surface area contributed by atoms with E-state index >= 15 is 0 Å².